The lowest BCUT2D eigenvalue weighted by molar-refractivity contribution is 0.0241. The van der Waals surface area contributed by atoms with E-state index in [2.05, 4.69) is 45.3 Å². The monoisotopic (exact) mass is 411 g/mol. The van der Waals surface area contributed by atoms with Crippen LogP contribution < -0.4 is 10.6 Å². The van der Waals surface area contributed by atoms with Crippen molar-refractivity contribution in [3.8, 4) is 0 Å². The number of halogens is 1. The Morgan fingerprint density at radius 3 is 2.48 bits per heavy atom. The number of nitrogens with zero attached hydrogens (tertiary/aromatic N) is 1. The Bertz CT molecular complexity index is 315. The van der Waals surface area contributed by atoms with Crippen LogP contribution in [0, 0.1) is 11.3 Å². The second-order valence-electron chi connectivity index (χ2n) is 6.85. The molecule has 0 heterocycles. The lowest BCUT2D eigenvalue weighted by atomic mass is 9.89. The molecule has 1 aliphatic rings. The predicted octanol–water partition coefficient (Wildman–Crippen LogP) is 3.41. The molecule has 4 nitrogen and oxygen atoms in total. The van der Waals surface area contributed by atoms with Gasteiger partial charge in [-0.1, -0.05) is 34.1 Å². The third kappa shape index (κ3) is 7.68. The molecule has 5 heteroatoms. The molecule has 0 aromatic heterocycles. The van der Waals surface area contributed by atoms with Gasteiger partial charge in [0.15, 0.2) is 5.96 Å². The number of hydrogen-bond donors (Lipinski definition) is 2. The van der Waals surface area contributed by atoms with Crippen LogP contribution in [0.5, 0.6) is 0 Å². The van der Waals surface area contributed by atoms with Crippen molar-refractivity contribution in [2.24, 2.45) is 16.3 Å². The summed E-state index contributed by atoms with van der Waals surface area (Å²) in [6.45, 7) is 12.5. The molecule has 0 aromatic rings. The van der Waals surface area contributed by atoms with Gasteiger partial charge in [0.2, 0.25) is 0 Å². The quantitative estimate of drug-likeness (QED) is 0.384. The topological polar surface area (TPSA) is 45.7 Å². The first kappa shape index (κ1) is 21.0. The molecule has 1 saturated carbocycles. The molecule has 1 rings (SSSR count). The third-order valence-corrected chi connectivity index (χ3v) is 3.91. The third-order valence-electron chi connectivity index (χ3n) is 3.91. The summed E-state index contributed by atoms with van der Waals surface area (Å²) in [7, 11) is 1.77. The summed E-state index contributed by atoms with van der Waals surface area (Å²) in [4.78, 5) is 4.70. The Balaban J connectivity index is 0.00000400. The number of methoxy groups -OCH3 is 1. The zero-order valence-corrected chi connectivity index (χ0v) is 16.9. The average Bonchev–Trinajstić information content (AvgIpc) is 3.07. The summed E-state index contributed by atoms with van der Waals surface area (Å²) in [5, 5.41) is 6.87. The largest absolute Gasteiger partial charge is 0.379 e. The van der Waals surface area contributed by atoms with E-state index in [9.17, 15) is 0 Å². The van der Waals surface area contributed by atoms with Gasteiger partial charge in [-0.2, -0.15) is 0 Å². The molecule has 1 aliphatic carbocycles. The van der Waals surface area contributed by atoms with Crippen LogP contribution in [0.2, 0.25) is 0 Å². The van der Waals surface area contributed by atoms with Crippen molar-refractivity contribution in [3.63, 3.8) is 0 Å². The molecule has 3 unspecified atom stereocenters. The number of rotatable bonds is 7. The lowest BCUT2D eigenvalue weighted by Crippen LogP contribution is -2.40. The van der Waals surface area contributed by atoms with Gasteiger partial charge in [0.25, 0.3) is 0 Å². The molecule has 1 fully saturated rings. The number of nitrogens with one attached hydrogen (secondary N) is 2. The van der Waals surface area contributed by atoms with Crippen molar-refractivity contribution in [3.05, 3.63) is 0 Å². The number of aliphatic imine (C=N–C) groups is 1. The highest BCUT2D eigenvalue weighted by Gasteiger charge is 2.36. The van der Waals surface area contributed by atoms with Gasteiger partial charge >= 0.3 is 0 Å². The molecule has 21 heavy (non-hydrogen) atoms. The Morgan fingerprint density at radius 1 is 1.33 bits per heavy atom. The fourth-order valence-corrected chi connectivity index (χ4v) is 2.49. The van der Waals surface area contributed by atoms with Crippen LogP contribution in [0.25, 0.3) is 0 Å². The van der Waals surface area contributed by atoms with Gasteiger partial charge in [0.05, 0.1) is 12.6 Å². The van der Waals surface area contributed by atoms with Gasteiger partial charge in [-0.15, -0.1) is 24.0 Å². The smallest absolute Gasteiger partial charge is 0.191 e. The summed E-state index contributed by atoms with van der Waals surface area (Å²) in [5.74, 6) is 1.77. The van der Waals surface area contributed by atoms with Gasteiger partial charge in [0, 0.05) is 19.7 Å². The average molecular weight is 411 g/mol. The maximum atomic E-state index is 5.56. The summed E-state index contributed by atoms with van der Waals surface area (Å²) >= 11 is 0. The molecule has 0 aromatic carbocycles. The normalized spacial score (nSPS) is 23.2. The Hall–Kier alpha value is -0.0400. The first-order valence-electron chi connectivity index (χ1n) is 8.00. The Kier molecular flexibility index (Phi) is 9.85. The van der Waals surface area contributed by atoms with Crippen LogP contribution in [-0.2, 0) is 4.74 Å². The van der Waals surface area contributed by atoms with E-state index in [0.717, 1.165) is 18.4 Å². The highest BCUT2D eigenvalue weighted by molar-refractivity contribution is 14.0. The minimum Gasteiger partial charge on any atom is -0.379 e. The highest BCUT2D eigenvalue weighted by atomic mass is 127. The van der Waals surface area contributed by atoms with E-state index in [0.29, 0.717) is 12.6 Å². The molecule has 3 atom stereocenters. The minimum atomic E-state index is 0. The van der Waals surface area contributed by atoms with Gasteiger partial charge in [0.1, 0.15) is 0 Å². The molecule has 0 bridgehead atoms. The molecule has 126 valence electrons. The van der Waals surface area contributed by atoms with Crippen molar-refractivity contribution in [1.82, 2.24) is 10.6 Å². The van der Waals surface area contributed by atoms with Crippen LogP contribution in [0.4, 0.5) is 0 Å². The SMILES string of the molecule is CCCC1CC1NC(=NCC(OC)C(C)(C)C)NCC.I. The summed E-state index contributed by atoms with van der Waals surface area (Å²) in [6.07, 6.45) is 4.01. The maximum Gasteiger partial charge on any atom is 0.191 e. The van der Waals surface area contributed by atoms with E-state index in [1.54, 1.807) is 7.11 Å². The second-order valence-corrected chi connectivity index (χ2v) is 6.85. The first-order chi connectivity index (χ1) is 9.42. The van der Waals surface area contributed by atoms with Crippen LogP contribution in [0.3, 0.4) is 0 Å². The second kappa shape index (κ2) is 9.87. The van der Waals surface area contributed by atoms with Crippen molar-refractivity contribution < 1.29 is 4.74 Å². The molecule has 2 N–H and O–H groups in total. The lowest BCUT2D eigenvalue weighted by Gasteiger charge is -2.28. The number of hydrogen-bond acceptors (Lipinski definition) is 2. The number of ether oxygens (including phenoxy) is 1. The Labute approximate surface area is 147 Å². The zero-order valence-electron chi connectivity index (χ0n) is 14.5. The molecule has 0 saturated heterocycles. The van der Waals surface area contributed by atoms with E-state index in [4.69, 9.17) is 9.73 Å². The van der Waals surface area contributed by atoms with E-state index in [-0.39, 0.29) is 35.5 Å². The van der Waals surface area contributed by atoms with E-state index < -0.39 is 0 Å². The fourth-order valence-electron chi connectivity index (χ4n) is 2.49. The van der Waals surface area contributed by atoms with E-state index in [1.165, 1.54) is 19.3 Å². The molecule has 0 radical (unpaired) electrons. The minimum absolute atomic E-state index is 0. The van der Waals surface area contributed by atoms with Gasteiger partial charge < -0.3 is 15.4 Å². The molecule has 0 amide bonds. The molecule has 0 spiro atoms. The predicted molar refractivity (Wildman–Crippen MR) is 102 cm³/mol. The first-order valence-corrected chi connectivity index (χ1v) is 8.00. The van der Waals surface area contributed by atoms with Crippen molar-refractivity contribution in [2.75, 3.05) is 20.2 Å². The van der Waals surface area contributed by atoms with Crippen LogP contribution in [0.15, 0.2) is 4.99 Å². The maximum absolute atomic E-state index is 5.56. The van der Waals surface area contributed by atoms with Crippen LogP contribution >= 0.6 is 24.0 Å². The van der Waals surface area contributed by atoms with Crippen molar-refractivity contribution in [1.29, 1.82) is 0 Å². The zero-order chi connectivity index (χ0) is 15.2. The van der Waals surface area contributed by atoms with E-state index >= 15 is 0 Å². The van der Waals surface area contributed by atoms with Crippen molar-refractivity contribution >= 4 is 29.9 Å². The van der Waals surface area contributed by atoms with Crippen LogP contribution in [-0.4, -0.2) is 38.3 Å². The molecular weight excluding hydrogens is 377 g/mol. The van der Waals surface area contributed by atoms with E-state index in [1.807, 2.05) is 0 Å². The van der Waals surface area contributed by atoms with Crippen molar-refractivity contribution in [2.45, 2.75) is 66.0 Å². The highest BCUT2D eigenvalue weighted by Crippen LogP contribution is 2.34. The summed E-state index contributed by atoms with van der Waals surface area (Å²) in [6, 6.07) is 0.614. The fraction of sp³-hybridized carbons (Fsp3) is 0.938. The van der Waals surface area contributed by atoms with Gasteiger partial charge in [-0.05, 0) is 31.1 Å². The molecular formula is C16H34IN3O. The molecule has 0 aliphatic heterocycles. The van der Waals surface area contributed by atoms with Gasteiger partial charge in [-0.3, -0.25) is 4.99 Å². The Morgan fingerprint density at radius 2 is 2.00 bits per heavy atom. The standard InChI is InChI=1S/C16H33N3O.HI/c1-7-9-12-10-13(12)19-15(17-8-2)18-11-14(20-6)16(3,4)5;/h12-14H,7-11H2,1-6H3,(H2,17,18,19);1H. The van der Waals surface area contributed by atoms with Gasteiger partial charge in [-0.25, -0.2) is 0 Å². The number of guanidine groups is 1. The van der Waals surface area contributed by atoms with Crippen LogP contribution in [0.1, 0.15) is 53.9 Å². The summed E-state index contributed by atoms with van der Waals surface area (Å²) < 4.78 is 5.56. The summed E-state index contributed by atoms with van der Waals surface area (Å²) in [5.41, 5.74) is 0.111.